The van der Waals surface area contributed by atoms with Crippen molar-refractivity contribution in [1.29, 1.82) is 0 Å². The highest BCUT2D eigenvalue weighted by Gasteiger charge is 2.31. The topological polar surface area (TPSA) is 46.6 Å². The Morgan fingerprint density at radius 1 is 1.42 bits per heavy atom. The minimum Gasteiger partial charge on any atom is -0.326 e. The molecule has 5 heteroatoms. The zero-order valence-corrected chi connectivity index (χ0v) is 13.1. The monoisotopic (exact) mass is 280 g/mol. The summed E-state index contributed by atoms with van der Waals surface area (Å²) in [7, 11) is 0. The number of hydrogen-bond donors (Lipinski definition) is 1. The lowest BCUT2D eigenvalue weighted by atomic mass is 9.89. The Morgan fingerprint density at radius 3 is 2.68 bits per heavy atom. The lowest BCUT2D eigenvalue weighted by molar-refractivity contribution is 0.106. The van der Waals surface area contributed by atoms with Gasteiger partial charge < -0.3 is 5.73 Å². The summed E-state index contributed by atoms with van der Waals surface area (Å²) in [6.45, 7) is 10.9. The molecule has 0 aliphatic rings. The van der Waals surface area contributed by atoms with Crippen molar-refractivity contribution in [2.45, 2.75) is 45.7 Å². The molecule has 4 nitrogen and oxygen atoms in total. The normalized spacial score (nSPS) is 14.4. The second-order valence-electron chi connectivity index (χ2n) is 5.46. The molecule has 1 unspecified atom stereocenters. The van der Waals surface area contributed by atoms with E-state index in [0.717, 1.165) is 30.2 Å². The van der Waals surface area contributed by atoms with Gasteiger partial charge in [-0.2, -0.15) is 0 Å². The summed E-state index contributed by atoms with van der Waals surface area (Å²) >= 11 is 1.66. The van der Waals surface area contributed by atoms with Crippen molar-refractivity contribution < 1.29 is 0 Å². The second kappa shape index (κ2) is 5.61. The van der Waals surface area contributed by atoms with Crippen molar-refractivity contribution >= 4 is 16.3 Å². The maximum atomic E-state index is 6.44. The van der Waals surface area contributed by atoms with Crippen LogP contribution in [0.2, 0.25) is 0 Å². The van der Waals surface area contributed by atoms with Gasteiger partial charge in [-0.05, 0) is 26.9 Å². The van der Waals surface area contributed by atoms with Gasteiger partial charge in [0.2, 0.25) is 0 Å². The first-order chi connectivity index (χ1) is 8.98. The fourth-order valence-electron chi connectivity index (χ4n) is 2.62. The third-order valence-corrected chi connectivity index (χ3v) is 4.83. The van der Waals surface area contributed by atoms with Crippen LogP contribution in [0.5, 0.6) is 0 Å². The van der Waals surface area contributed by atoms with E-state index >= 15 is 0 Å². The first kappa shape index (κ1) is 14.5. The van der Waals surface area contributed by atoms with Crippen molar-refractivity contribution in [3.8, 4) is 0 Å². The van der Waals surface area contributed by atoms with Gasteiger partial charge in [-0.15, -0.1) is 11.3 Å². The van der Waals surface area contributed by atoms with Crippen molar-refractivity contribution in [3.05, 3.63) is 23.5 Å². The van der Waals surface area contributed by atoms with Crippen LogP contribution in [0.1, 0.15) is 33.4 Å². The molecule has 0 spiro atoms. The molecule has 0 radical (unpaired) electrons. The molecule has 0 aliphatic heterocycles. The van der Waals surface area contributed by atoms with Crippen molar-refractivity contribution in [3.63, 3.8) is 0 Å². The SMILES string of the molecule is CCN(CC)C(C)(C)C(N)Cc1cn2ccsc2n1. The van der Waals surface area contributed by atoms with Crippen LogP contribution in [0.25, 0.3) is 4.96 Å². The van der Waals surface area contributed by atoms with Crippen LogP contribution >= 0.6 is 11.3 Å². The van der Waals surface area contributed by atoms with Crippen LogP contribution in [0.3, 0.4) is 0 Å². The van der Waals surface area contributed by atoms with E-state index in [1.165, 1.54) is 0 Å². The van der Waals surface area contributed by atoms with Crippen LogP contribution in [0.15, 0.2) is 17.8 Å². The minimum absolute atomic E-state index is 0.0134. The highest BCUT2D eigenvalue weighted by atomic mass is 32.1. The standard InChI is InChI=1S/C14H24N4S/c1-5-18(6-2)14(3,4)12(15)9-11-10-17-7-8-19-13(17)16-11/h7-8,10,12H,5-6,9,15H2,1-4H3. The van der Waals surface area contributed by atoms with Crippen molar-refractivity contribution in [2.75, 3.05) is 13.1 Å². The van der Waals surface area contributed by atoms with Crippen molar-refractivity contribution in [1.82, 2.24) is 14.3 Å². The number of rotatable bonds is 6. The molecule has 0 aliphatic carbocycles. The van der Waals surface area contributed by atoms with E-state index in [4.69, 9.17) is 5.73 Å². The summed E-state index contributed by atoms with van der Waals surface area (Å²) in [6.07, 6.45) is 4.94. The van der Waals surface area contributed by atoms with Crippen molar-refractivity contribution in [2.24, 2.45) is 5.73 Å². The lowest BCUT2D eigenvalue weighted by Gasteiger charge is -2.41. The number of nitrogens with zero attached hydrogens (tertiary/aromatic N) is 3. The quantitative estimate of drug-likeness (QED) is 0.884. The number of nitrogens with two attached hydrogens (primary N) is 1. The molecule has 2 heterocycles. The number of aromatic nitrogens is 2. The largest absolute Gasteiger partial charge is 0.326 e. The Kier molecular flexibility index (Phi) is 4.28. The fourth-order valence-corrected chi connectivity index (χ4v) is 3.34. The molecule has 0 bridgehead atoms. The maximum absolute atomic E-state index is 6.44. The average Bonchev–Trinajstić information content (AvgIpc) is 2.90. The van der Waals surface area contributed by atoms with E-state index in [0.29, 0.717) is 0 Å². The van der Waals surface area contributed by atoms with Gasteiger partial charge >= 0.3 is 0 Å². The Hall–Kier alpha value is -0.910. The Morgan fingerprint density at radius 2 is 2.11 bits per heavy atom. The number of imidazole rings is 1. The fraction of sp³-hybridized carbons (Fsp3) is 0.643. The van der Waals surface area contributed by atoms with E-state index in [9.17, 15) is 0 Å². The molecule has 2 aromatic rings. The van der Waals surface area contributed by atoms with Gasteiger partial charge in [0.25, 0.3) is 0 Å². The zero-order valence-electron chi connectivity index (χ0n) is 12.3. The number of fused-ring (bicyclic) bond motifs is 1. The molecule has 0 fully saturated rings. The highest BCUT2D eigenvalue weighted by Crippen LogP contribution is 2.21. The Labute approximate surface area is 119 Å². The molecule has 19 heavy (non-hydrogen) atoms. The predicted molar refractivity (Wildman–Crippen MR) is 81.7 cm³/mol. The van der Waals surface area contributed by atoms with Gasteiger partial charge in [0.15, 0.2) is 4.96 Å². The van der Waals surface area contributed by atoms with Gasteiger partial charge in [-0.3, -0.25) is 9.30 Å². The van der Waals surface area contributed by atoms with E-state index in [1.54, 1.807) is 11.3 Å². The Balaban J connectivity index is 2.11. The molecule has 2 rings (SSSR count). The van der Waals surface area contributed by atoms with E-state index in [-0.39, 0.29) is 11.6 Å². The van der Waals surface area contributed by atoms with Gasteiger partial charge in [-0.25, -0.2) is 4.98 Å². The molecule has 0 amide bonds. The first-order valence-corrected chi connectivity index (χ1v) is 7.78. The number of likely N-dealkylation sites (N-methyl/N-ethyl adjacent to an activating group) is 1. The second-order valence-corrected chi connectivity index (χ2v) is 6.33. The highest BCUT2D eigenvalue weighted by molar-refractivity contribution is 7.15. The molecule has 0 aromatic carbocycles. The van der Waals surface area contributed by atoms with Gasteiger partial charge in [0.1, 0.15) is 0 Å². The van der Waals surface area contributed by atoms with E-state index in [1.807, 2.05) is 11.6 Å². The third-order valence-electron chi connectivity index (χ3n) is 4.06. The zero-order chi connectivity index (χ0) is 14.0. The molecular weight excluding hydrogens is 256 g/mol. The van der Waals surface area contributed by atoms with Crippen LogP contribution < -0.4 is 5.73 Å². The van der Waals surface area contributed by atoms with Gasteiger partial charge in [0.05, 0.1) is 5.69 Å². The van der Waals surface area contributed by atoms with Crippen LogP contribution in [0.4, 0.5) is 0 Å². The van der Waals surface area contributed by atoms with Gasteiger partial charge in [0, 0.05) is 35.8 Å². The molecule has 1 atom stereocenters. The third kappa shape index (κ3) is 2.83. The molecule has 2 aromatic heterocycles. The van der Waals surface area contributed by atoms with E-state index in [2.05, 4.69) is 48.2 Å². The maximum Gasteiger partial charge on any atom is 0.193 e. The smallest absolute Gasteiger partial charge is 0.193 e. The van der Waals surface area contributed by atoms with Gasteiger partial charge in [-0.1, -0.05) is 13.8 Å². The minimum atomic E-state index is -0.0134. The van der Waals surface area contributed by atoms with Crippen LogP contribution in [-0.2, 0) is 6.42 Å². The molecule has 0 saturated heterocycles. The number of thiazole rings is 1. The molecule has 2 N–H and O–H groups in total. The Bertz CT molecular complexity index is 496. The summed E-state index contributed by atoms with van der Waals surface area (Å²) in [5.74, 6) is 0. The summed E-state index contributed by atoms with van der Waals surface area (Å²) < 4.78 is 2.07. The predicted octanol–water partition coefficient (Wildman–Crippen LogP) is 2.39. The van der Waals surface area contributed by atoms with E-state index < -0.39 is 0 Å². The molecule has 106 valence electrons. The summed E-state index contributed by atoms with van der Waals surface area (Å²) in [5.41, 5.74) is 7.51. The van der Waals surface area contributed by atoms with Crippen LogP contribution in [-0.4, -0.2) is 39.0 Å². The molecule has 0 saturated carbocycles. The molecular formula is C14H24N4S. The first-order valence-electron chi connectivity index (χ1n) is 6.90. The number of hydrogen-bond acceptors (Lipinski definition) is 4. The lowest BCUT2D eigenvalue weighted by Crippen LogP contribution is -2.56. The summed E-state index contributed by atoms with van der Waals surface area (Å²) in [4.78, 5) is 8.08. The summed E-state index contributed by atoms with van der Waals surface area (Å²) in [6, 6.07) is 0.0806. The van der Waals surface area contributed by atoms with Crippen LogP contribution in [0, 0.1) is 0 Å². The average molecular weight is 280 g/mol. The summed E-state index contributed by atoms with van der Waals surface area (Å²) in [5, 5.41) is 2.05.